The number of fused-ring (bicyclic) bond motifs is 1. The van der Waals surface area contributed by atoms with Gasteiger partial charge >= 0.3 is 5.76 Å². The molecule has 1 aliphatic carbocycles. The largest absolute Gasteiger partial charge is 0.439 e. The lowest BCUT2D eigenvalue weighted by Crippen LogP contribution is -2.27. The zero-order chi connectivity index (χ0) is 28.0. The molecule has 5 aromatic heterocycles. The molecule has 1 atom stereocenters. The summed E-state index contributed by atoms with van der Waals surface area (Å²) in [5.41, 5.74) is 1.65. The molecule has 6 rings (SSSR count). The van der Waals surface area contributed by atoms with Crippen LogP contribution in [0, 0.1) is 18.8 Å². The van der Waals surface area contributed by atoms with E-state index in [1.165, 1.54) is 13.1 Å². The Morgan fingerprint density at radius 3 is 2.70 bits per heavy atom. The van der Waals surface area contributed by atoms with Crippen molar-refractivity contribution in [2.24, 2.45) is 11.8 Å². The van der Waals surface area contributed by atoms with Crippen molar-refractivity contribution in [2.45, 2.75) is 58.7 Å². The molecule has 5 heterocycles. The summed E-state index contributed by atoms with van der Waals surface area (Å²) in [6, 6.07) is 7.08. The molecule has 0 amide bonds. The molecule has 0 spiro atoms. The Hall–Kier alpha value is -3.92. The van der Waals surface area contributed by atoms with Crippen LogP contribution in [0.1, 0.15) is 56.6 Å². The Balaban J connectivity index is 1.64. The number of rotatable bonds is 6. The first-order valence-corrected chi connectivity index (χ1v) is 13.8. The van der Waals surface area contributed by atoms with Crippen molar-refractivity contribution >= 4 is 22.6 Å². The summed E-state index contributed by atoms with van der Waals surface area (Å²) in [7, 11) is 0. The Morgan fingerprint density at radius 1 is 1.20 bits per heavy atom. The molecule has 1 aliphatic rings. The lowest BCUT2D eigenvalue weighted by atomic mass is 9.83. The van der Waals surface area contributed by atoms with Crippen LogP contribution in [0.2, 0.25) is 5.02 Å². The predicted octanol–water partition coefficient (Wildman–Crippen LogP) is 6.25. The lowest BCUT2D eigenvalue weighted by molar-refractivity contribution is 0.208. The van der Waals surface area contributed by atoms with Crippen molar-refractivity contribution in [2.75, 3.05) is 0 Å². The number of H-pyrrole nitrogens is 1. The smallest absolute Gasteiger partial charge is 0.323 e. The van der Waals surface area contributed by atoms with Gasteiger partial charge < -0.3 is 4.57 Å². The van der Waals surface area contributed by atoms with Crippen molar-refractivity contribution in [3.63, 3.8) is 0 Å². The monoisotopic (exact) mass is 561 g/mol. The highest BCUT2D eigenvalue weighted by Gasteiger charge is 2.38. The van der Waals surface area contributed by atoms with Gasteiger partial charge in [0.2, 0.25) is 11.5 Å². The third-order valence-electron chi connectivity index (χ3n) is 7.84. The van der Waals surface area contributed by atoms with E-state index < -0.39 is 11.4 Å². The van der Waals surface area contributed by atoms with Crippen molar-refractivity contribution in [1.82, 2.24) is 34.6 Å². The van der Waals surface area contributed by atoms with E-state index in [1.807, 2.05) is 17.6 Å². The number of imidazole rings is 1. The van der Waals surface area contributed by atoms with Crippen LogP contribution >= 0.6 is 11.6 Å². The van der Waals surface area contributed by atoms with Gasteiger partial charge in [0.1, 0.15) is 5.69 Å². The molecule has 1 unspecified atom stereocenters. The highest BCUT2D eigenvalue weighted by atomic mass is 35.5. The third kappa shape index (κ3) is 4.81. The molecule has 1 saturated carbocycles. The number of aromatic amines is 1. The van der Waals surface area contributed by atoms with Gasteiger partial charge in [-0.3, -0.25) is 19.5 Å². The van der Waals surface area contributed by atoms with Crippen molar-refractivity contribution in [3.05, 3.63) is 75.5 Å². The second-order valence-electron chi connectivity index (χ2n) is 10.9. The highest BCUT2D eigenvalue weighted by molar-refractivity contribution is 6.30. The molecule has 1 N–H and O–H groups in total. The van der Waals surface area contributed by atoms with E-state index in [0.29, 0.717) is 57.1 Å². The zero-order valence-electron chi connectivity index (χ0n) is 22.5. The van der Waals surface area contributed by atoms with E-state index >= 15 is 4.39 Å². The SMILES string of the molecule is Cc1cccnc1C(C)(F)c1nc2cc(-c3noc(=O)[nH]3)nc(-c3cncc(Cl)c3)c2n1C[C@H]1CC[C@H](C)CC1. The fraction of sp³-hybridized carbons (Fsp3) is 0.379. The average Bonchev–Trinajstić information content (AvgIpc) is 3.53. The second-order valence-corrected chi connectivity index (χ2v) is 11.3. The molecular formula is C29H29ClFN7O2. The molecule has 0 aliphatic heterocycles. The maximum atomic E-state index is 17.1. The number of nitrogens with zero attached hydrogens (tertiary/aromatic N) is 6. The molecule has 1 fully saturated rings. The van der Waals surface area contributed by atoms with E-state index in [9.17, 15) is 4.79 Å². The fourth-order valence-electron chi connectivity index (χ4n) is 5.75. The molecule has 0 radical (unpaired) electrons. The van der Waals surface area contributed by atoms with Crippen LogP contribution in [0.25, 0.3) is 33.8 Å². The van der Waals surface area contributed by atoms with Crippen LogP contribution in [-0.2, 0) is 12.2 Å². The number of pyridine rings is 3. The van der Waals surface area contributed by atoms with E-state index in [1.54, 1.807) is 30.6 Å². The maximum Gasteiger partial charge on any atom is 0.439 e. The van der Waals surface area contributed by atoms with E-state index in [2.05, 4.69) is 27.0 Å². The lowest BCUT2D eigenvalue weighted by Gasteiger charge is -2.29. The molecule has 40 heavy (non-hydrogen) atoms. The van der Waals surface area contributed by atoms with E-state index in [-0.39, 0.29) is 11.6 Å². The average molecular weight is 562 g/mol. The molecule has 9 nitrogen and oxygen atoms in total. The van der Waals surface area contributed by atoms with Crippen molar-refractivity contribution in [3.8, 4) is 22.8 Å². The van der Waals surface area contributed by atoms with Crippen LogP contribution < -0.4 is 5.76 Å². The summed E-state index contributed by atoms with van der Waals surface area (Å²) >= 11 is 6.33. The topological polar surface area (TPSA) is 115 Å². The van der Waals surface area contributed by atoms with Crippen LogP contribution in [0.5, 0.6) is 0 Å². The van der Waals surface area contributed by atoms with Crippen molar-refractivity contribution in [1.29, 1.82) is 0 Å². The summed E-state index contributed by atoms with van der Waals surface area (Å²) in [6.07, 6.45) is 9.14. The minimum absolute atomic E-state index is 0.143. The number of hydrogen-bond acceptors (Lipinski definition) is 7. The standard InChI is InChI=1S/C29H29ClFN7O2/c1-16-6-8-18(9-7-16)15-38-24-21(35-27(38)29(3,31)25-17(2)5-4-10-33-25)12-22(26-36-28(39)40-37-26)34-23(24)19-11-20(30)14-32-13-19/h4-5,10-14,16,18H,6-9,15H2,1-3H3,(H,36,37,39)/t16-,18-,29?. The normalized spacial score (nSPS) is 19.1. The first kappa shape index (κ1) is 26.3. The van der Waals surface area contributed by atoms with Gasteiger partial charge in [0, 0.05) is 30.7 Å². The predicted molar refractivity (Wildman–Crippen MR) is 150 cm³/mol. The number of hydrogen-bond donors (Lipinski definition) is 1. The Bertz CT molecular complexity index is 1750. The van der Waals surface area contributed by atoms with Gasteiger partial charge in [-0.05, 0) is 62.3 Å². The molecule has 206 valence electrons. The Kier molecular flexibility index (Phi) is 6.74. The number of halogens is 2. The minimum atomic E-state index is -2.00. The number of nitrogens with one attached hydrogen (secondary N) is 1. The number of aryl methyl sites for hydroxylation is 1. The minimum Gasteiger partial charge on any atom is -0.323 e. The van der Waals surface area contributed by atoms with Gasteiger partial charge in [-0.1, -0.05) is 42.6 Å². The third-order valence-corrected chi connectivity index (χ3v) is 8.04. The molecule has 0 bridgehead atoms. The van der Waals surface area contributed by atoms with Gasteiger partial charge in [-0.15, -0.1) is 0 Å². The summed E-state index contributed by atoms with van der Waals surface area (Å²) in [4.78, 5) is 32.7. The van der Waals surface area contributed by atoms with Crippen LogP contribution in [0.15, 0.2) is 52.2 Å². The first-order chi connectivity index (χ1) is 19.2. The quantitative estimate of drug-likeness (QED) is 0.260. The van der Waals surface area contributed by atoms with Gasteiger partial charge in [-0.2, -0.15) is 0 Å². The van der Waals surface area contributed by atoms with Crippen LogP contribution in [-0.4, -0.2) is 34.6 Å². The van der Waals surface area contributed by atoms with E-state index in [0.717, 1.165) is 31.2 Å². The van der Waals surface area contributed by atoms with Crippen LogP contribution in [0.4, 0.5) is 4.39 Å². The maximum absolute atomic E-state index is 17.1. The first-order valence-electron chi connectivity index (χ1n) is 13.4. The molecular weight excluding hydrogens is 533 g/mol. The Labute approximate surface area is 234 Å². The van der Waals surface area contributed by atoms with Gasteiger partial charge in [0.15, 0.2) is 5.82 Å². The molecule has 0 saturated heterocycles. The second kappa shape index (κ2) is 10.2. The molecule has 11 heteroatoms. The zero-order valence-corrected chi connectivity index (χ0v) is 23.2. The number of aromatic nitrogens is 7. The molecule has 5 aromatic rings. The number of alkyl halides is 1. The summed E-state index contributed by atoms with van der Waals surface area (Å²) < 4.78 is 23.8. The summed E-state index contributed by atoms with van der Waals surface area (Å²) in [5, 5.41) is 4.25. The van der Waals surface area contributed by atoms with Gasteiger partial charge in [0.05, 0.1) is 27.4 Å². The van der Waals surface area contributed by atoms with Crippen molar-refractivity contribution < 1.29 is 8.91 Å². The highest BCUT2D eigenvalue weighted by Crippen LogP contribution is 2.40. The van der Waals surface area contributed by atoms with E-state index in [4.69, 9.17) is 26.1 Å². The Morgan fingerprint density at radius 2 is 2.00 bits per heavy atom. The summed E-state index contributed by atoms with van der Waals surface area (Å²) in [5.74, 6) is 0.711. The summed E-state index contributed by atoms with van der Waals surface area (Å²) in [6.45, 7) is 6.21. The van der Waals surface area contributed by atoms with Gasteiger partial charge in [-0.25, -0.2) is 19.2 Å². The van der Waals surface area contributed by atoms with Crippen LogP contribution in [0.3, 0.4) is 0 Å². The fourth-order valence-corrected chi connectivity index (χ4v) is 5.92. The van der Waals surface area contributed by atoms with Gasteiger partial charge in [0.25, 0.3) is 0 Å². The molecule has 0 aromatic carbocycles.